The van der Waals surface area contributed by atoms with Crippen molar-refractivity contribution >= 4 is 21.4 Å². The first-order chi connectivity index (χ1) is 6.59. The highest BCUT2D eigenvalue weighted by Gasteiger charge is 2.17. The van der Waals surface area contributed by atoms with Crippen LogP contribution in [0.2, 0.25) is 0 Å². The molecule has 0 aromatic carbocycles. The molecule has 0 radical (unpaired) electrons. The van der Waals surface area contributed by atoms with Crippen molar-refractivity contribution in [2.75, 3.05) is 0 Å². The Morgan fingerprint density at radius 2 is 2.14 bits per heavy atom. The summed E-state index contributed by atoms with van der Waals surface area (Å²) < 4.78 is 27.4. The van der Waals surface area contributed by atoms with Crippen molar-refractivity contribution in [1.82, 2.24) is 0 Å². The molecule has 0 saturated heterocycles. The smallest absolute Gasteiger partial charge is 0.248 e. The number of nitrogens with two attached hydrogens (primary N) is 1. The molecule has 0 amide bonds. The van der Waals surface area contributed by atoms with E-state index in [0.717, 1.165) is 16.9 Å². The molecule has 74 valence electrons. The molecular formula is C8H7NO3S2. The van der Waals surface area contributed by atoms with E-state index in [9.17, 15) is 8.42 Å². The van der Waals surface area contributed by atoms with Crippen LogP contribution in [-0.4, -0.2) is 8.42 Å². The second kappa shape index (κ2) is 3.23. The molecule has 2 aromatic rings. The zero-order valence-corrected chi connectivity index (χ0v) is 8.64. The first-order valence-corrected chi connectivity index (χ1v) is 6.14. The minimum absolute atomic E-state index is 0.166. The predicted molar refractivity (Wildman–Crippen MR) is 53.4 cm³/mol. The van der Waals surface area contributed by atoms with Crippen LogP contribution in [0.5, 0.6) is 0 Å². The maximum Gasteiger partial charge on any atom is 0.248 e. The number of hydrogen-bond donors (Lipinski definition) is 1. The van der Waals surface area contributed by atoms with Crippen molar-refractivity contribution in [2.24, 2.45) is 5.14 Å². The molecule has 2 aromatic heterocycles. The number of sulfonamides is 1. The average Bonchev–Trinajstić information content (AvgIpc) is 2.73. The summed E-state index contributed by atoms with van der Waals surface area (Å²) in [6.07, 6.45) is 2.97. The van der Waals surface area contributed by atoms with Crippen LogP contribution in [0.15, 0.2) is 38.7 Å². The Bertz CT molecular complexity index is 525. The Morgan fingerprint density at radius 1 is 1.36 bits per heavy atom. The minimum Gasteiger partial charge on any atom is -0.472 e. The first-order valence-electron chi connectivity index (χ1n) is 3.72. The van der Waals surface area contributed by atoms with Crippen molar-refractivity contribution in [3.8, 4) is 11.1 Å². The van der Waals surface area contributed by atoms with Gasteiger partial charge in [0.25, 0.3) is 0 Å². The molecule has 6 heteroatoms. The van der Waals surface area contributed by atoms with Crippen molar-refractivity contribution in [1.29, 1.82) is 0 Å². The SMILES string of the molecule is NS(=O)(=O)c1sccc1-c1ccoc1. The van der Waals surface area contributed by atoms with Crippen molar-refractivity contribution in [3.05, 3.63) is 30.0 Å². The monoisotopic (exact) mass is 229 g/mol. The third kappa shape index (κ3) is 1.59. The van der Waals surface area contributed by atoms with Crippen LogP contribution in [0, 0.1) is 0 Å². The maximum absolute atomic E-state index is 11.2. The highest BCUT2D eigenvalue weighted by Crippen LogP contribution is 2.31. The molecule has 2 rings (SSSR count). The Hall–Kier alpha value is -1.11. The normalized spacial score (nSPS) is 11.8. The van der Waals surface area contributed by atoms with Crippen LogP contribution in [0.1, 0.15) is 0 Å². The van der Waals surface area contributed by atoms with E-state index in [1.807, 2.05) is 0 Å². The van der Waals surface area contributed by atoms with Crippen LogP contribution in [0.3, 0.4) is 0 Å². The summed E-state index contributed by atoms with van der Waals surface area (Å²) in [5.41, 5.74) is 1.31. The zero-order valence-electron chi connectivity index (χ0n) is 7.01. The van der Waals surface area contributed by atoms with Crippen LogP contribution in [-0.2, 0) is 10.0 Å². The van der Waals surface area contributed by atoms with Crippen molar-refractivity contribution < 1.29 is 12.8 Å². The van der Waals surface area contributed by atoms with E-state index in [1.165, 1.54) is 12.5 Å². The van der Waals surface area contributed by atoms with E-state index in [-0.39, 0.29) is 4.21 Å². The van der Waals surface area contributed by atoms with Gasteiger partial charge in [0.2, 0.25) is 10.0 Å². The minimum atomic E-state index is -3.64. The lowest BCUT2D eigenvalue weighted by atomic mass is 10.2. The van der Waals surface area contributed by atoms with Gasteiger partial charge in [-0.15, -0.1) is 11.3 Å². The quantitative estimate of drug-likeness (QED) is 0.851. The highest BCUT2D eigenvalue weighted by molar-refractivity contribution is 7.91. The molecule has 14 heavy (non-hydrogen) atoms. The fraction of sp³-hybridized carbons (Fsp3) is 0. The predicted octanol–water partition coefficient (Wildman–Crippen LogP) is 1.66. The Labute approximate surface area is 85.0 Å². The van der Waals surface area contributed by atoms with E-state index in [2.05, 4.69) is 0 Å². The van der Waals surface area contributed by atoms with Gasteiger partial charge in [-0.25, -0.2) is 13.6 Å². The van der Waals surface area contributed by atoms with Crippen molar-refractivity contribution in [3.63, 3.8) is 0 Å². The fourth-order valence-corrected chi connectivity index (χ4v) is 2.98. The van der Waals surface area contributed by atoms with Gasteiger partial charge in [0.1, 0.15) is 4.21 Å². The topological polar surface area (TPSA) is 73.3 Å². The van der Waals surface area contributed by atoms with E-state index >= 15 is 0 Å². The summed E-state index contributed by atoms with van der Waals surface area (Å²) >= 11 is 1.10. The molecule has 2 N–H and O–H groups in total. The summed E-state index contributed by atoms with van der Waals surface area (Å²) in [6.45, 7) is 0. The van der Waals surface area contributed by atoms with Gasteiger partial charge in [-0.1, -0.05) is 0 Å². The van der Waals surface area contributed by atoms with Crippen LogP contribution in [0.25, 0.3) is 11.1 Å². The second-order valence-corrected chi connectivity index (χ2v) is 5.35. The number of furan rings is 1. The van der Waals surface area contributed by atoms with Gasteiger partial charge in [-0.3, -0.25) is 0 Å². The summed E-state index contributed by atoms with van der Waals surface area (Å²) in [5.74, 6) is 0. The zero-order chi connectivity index (χ0) is 10.2. The first kappa shape index (κ1) is 9.45. The fourth-order valence-electron chi connectivity index (χ4n) is 1.15. The van der Waals surface area contributed by atoms with E-state index < -0.39 is 10.0 Å². The van der Waals surface area contributed by atoms with Crippen LogP contribution in [0.4, 0.5) is 0 Å². The summed E-state index contributed by atoms with van der Waals surface area (Å²) in [4.78, 5) is 0. The number of primary sulfonamides is 1. The van der Waals surface area contributed by atoms with Crippen LogP contribution < -0.4 is 5.14 Å². The van der Waals surface area contributed by atoms with Crippen molar-refractivity contribution in [2.45, 2.75) is 4.21 Å². The molecule has 0 spiro atoms. The molecule has 2 heterocycles. The number of hydrogen-bond acceptors (Lipinski definition) is 4. The number of rotatable bonds is 2. The lowest BCUT2D eigenvalue weighted by Gasteiger charge is -1.97. The molecule has 0 aliphatic rings. The number of thiophene rings is 1. The molecule has 0 fully saturated rings. The largest absolute Gasteiger partial charge is 0.472 e. The van der Waals surface area contributed by atoms with E-state index in [0.29, 0.717) is 5.56 Å². The molecule has 0 atom stereocenters. The van der Waals surface area contributed by atoms with Gasteiger partial charge in [0.15, 0.2) is 0 Å². The van der Waals surface area contributed by atoms with Gasteiger partial charge in [0.05, 0.1) is 12.5 Å². The molecule has 0 unspecified atom stereocenters. The van der Waals surface area contributed by atoms with Gasteiger partial charge in [0, 0.05) is 11.1 Å². The van der Waals surface area contributed by atoms with Gasteiger partial charge in [-0.2, -0.15) is 0 Å². The third-order valence-electron chi connectivity index (χ3n) is 1.72. The molecule has 0 bridgehead atoms. The summed E-state index contributed by atoms with van der Waals surface area (Å²) in [6, 6.07) is 3.39. The standard InChI is InChI=1S/C8H7NO3S2/c9-14(10,11)8-7(2-4-13-8)6-1-3-12-5-6/h1-5H,(H2,9,10,11). The molecule has 0 saturated carbocycles. The third-order valence-corrected chi connectivity index (χ3v) is 4.15. The Kier molecular flexibility index (Phi) is 2.18. The van der Waals surface area contributed by atoms with Crippen LogP contribution >= 0.6 is 11.3 Å². The summed E-state index contributed by atoms with van der Waals surface area (Å²) in [5, 5.41) is 6.74. The lowest BCUT2D eigenvalue weighted by molar-refractivity contribution is 0.568. The summed E-state index contributed by atoms with van der Waals surface area (Å²) in [7, 11) is -3.64. The molecule has 4 nitrogen and oxygen atoms in total. The van der Waals surface area contributed by atoms with Gasteiger partial charge < -0.3 is 4.42 Å². The van der Waals surface area contributed by atoms with Gasteiger partial charge in [-0.05, 0) is 17.5 Å². The van der Waals surface area contributed by atoms with E-state index in [1.54, 1.807) is 17.5 Å². The molecular weight excluding hydrogens is 222 g/mol. The lowest BCUT2D eigenvalue weighted by Crippen LogP contribution is -2.11. The highest BCUT2D eigenvalue weighted by atomic mass is 32.2. The van der Waals surface area contributed by atoms with Gasteiger partial charge >= 0.3 is 0 Å². The second-order valence-electron chi connectivity index (χ2n) is 2.68. The Balaban J connectivity index is 2.62. The maximum atomic E-state index is 11.2. The molecule has 0 aliphatic carbocycles. The molecule has 0 aliphatic heterocycles. The van der Waals surface area contributed by atoms with E-state index in [4.69, 9.17) is 9.56 Å². The Morgan fingerprint density at radius 3 is 2.71 bits per heavy atom. The average molecular weight is 229 g/mol.